The van der Waals surface area contributed by atoms with E-state index in [-0.39, 0.29) is 26.1 Å². The van der Waals surface area contributed by atoms with E-state index in [1.54, 1.807) is 0 Å². The van der Waals surface area contributed by atoms with Crippen molar-refractivity contribution in [1.82, 2.24) is 0 Å². The van der Waals surface area contributed by atoms with Gasteiger partial charge in [-0.15, -0.1) is 0 Å². The molecule has 0 aliphatic heterocycles. The van der Waals surface area contributed by atoms with Crippen LogP contribution in [0.15, 0.2) is 122 Å². The van der Waals surface area contributed by atoms with Crippen molar-refractivity contribution in [3.05, 3.63) is 122 Å². The second kappa shape index (κ2) is 48.4. The molecule has 2 unspecified atom stereocenters. The molecule has 0 aliphatic rings. The first-order chi connectivity index (χ1) is 33.0. The van der Waals surface area contributed by atoms with Crippen molar-refractivity contribution in [2.24, 2.45) is 0 Å². The van der Waals surface area contributed by atoms with Gasteiger partial charge in [0.05, 0.1) is 27.7 Å². The monoisotopic (exact) mass is 966 g/mol. The number of allylic oxidation sites excluding steroid dienone is 20. The number of carbonyl (C=O) groups is 2. The van der Waals surface area contributed by atoms with E-state index in [0.29, 0.717) is 17.4 Å². The summed E-state index contributed by atoms with van der Waals surface area (Å²) >= 11 is 0. The van der Waals surface area contributed by atoms with Gasteiger partial charge in [-0.2, -0.15) is 0 Å². The van der Waals surface area contributed by atoms with Gasteiger partial charge in [-0.25, -0.2) is 0 Å². The molecule has 0 aromatic carbocycles. The zero-order chi connectivity index (χ0) is 49.9. The predicted octanol–water partition coefficient (Wildman–Crippen LogP) is 15.4. The molecule has 10 heteroatoms. The first kappa shape index (κ1) is 64.4. The van der Waals surface area contributed by atoms with Crippen LogP contribution in [0.25, 0.3) is 0 Å². The topological polar surface area (TPSA) is 111 Å². The lowest BCUT2D eigenvalue weighted by molar-refractivity contribution is -0.870. The molecule has 0 saturated carbocycles. The SMILES string of the molecule is CC/C=C\C/C=C\C/C=C\C/C=C\C/C=C\C/C=C\C/C=C\C/C=C\C/C=C\C/C=C\CCCCCCC(=O)OC(COC(=O)CCCCCCCCCCC)COP(=O)([O-])OCC[N+](C)(C)C. The predicted molar refractivity (Wildman–Crippen MR) is 286 cm³/mol. The molecule has 0 N–H and O–H groups in total. The number of unbranched alkanes of at least 4 members (excludes halogenated alkanes) is 12. The van der Waals surface area contributed by atoms with Crippen molar-refractivity contribution >= 4 is 19.8 Å². The van der Waals surface area contributed by atoms with Crippen LogP contribution in [0.4, 0.5) is 0 Å². The Balaban J connectivity index is 4.20. The molecule has 0 aromatic rings. The fraction of sp³-hybridized carbons (Fsp3) is 0.621. The summed E-state index contributed by atoms with van der Waals surface area (Å²) in [6, 6.07) is 0. The lowest BCUT2D eigenvalue weighted by Crippen LogP contribution is -2.37. The van der Waals surface area contributed by atoms with E-state index in [1.165, 1.54) is 38.5 Å². The molecule has 0 rings (SSSR count). The van der Waals surface area contributed by atoms with E-state index < -0.39 is 32.5 Å². The van der Waals surface area contributed by atoms with Crippen LogP contribution in [0, 0.1) is 0 Å². The van der Waals surface area contributed by atoms with Crippen LogP contribution in [0.2, 0.25) is 0 Å². The number of esters is 2. The maximum Gasteiger partial charge on any atom is 0.306 e. The van der Waals surface area contributed by atoms with Crippen molar-refractivity contribution < 1.29 is 42.1 Å². The Morgan fingerprint density at radius 3 is 1.25 bits per heavy atom. The average Bonchev–Trinajstić information content (AvgIpc) is 3.30. The number of rotatable bonds is 46. The molecule has 0 aromatic heterocycles. The largest absolute Gasteiger partial charge is 0.756 e. The van der Waals surface area contributed by atoms with Gasteiger partial charge >= 0.3 is 11.9 Å². The minimum atomic E-state index is -4.64. The van der Waals surface area contributed by atoms with Crippen molar-refractivity contribution in [3.63, 3.8) is 0 Å². The first-order valence-electron chi connectivity index (χ1n) is 26.2. The number of quaternary nitrogens is 1. The summed E-state index contributed by atoms with van der Waals surface area (Å²) in [6.45, 7) is 4.03. The van der Waals surface area contributed by atoms with Gasteiger partial charge in [0.1, 0.15) is 19.8 Å². The minimum absolute atomic E-state index is 0.0418. The number of hydrogen-bond acceptors (Lipinski definition) is 8. The van der Waals surface area contributed by atoms with E-state index in [9.17, 15) is 19.0 Å². The maximum atomic E-state index is 12.7. The second-order valence-corrected chi connectivity index (χ2v) is 19.6. The molecule has 386 valence electrons. The van der Waals surface area contributed by atoms with Crippen LogP contribution in [0.5, 0.6) is 0 Å². The number of carbonyl (C=O) groups excluding carboxylic acids is 2. The normalized spacial score (nSPS) is 14.4. The van der Waals surface area contributed by atoms with Crippen molar-refractivity contribution in [1.29, 1.82) is 0 Å². The highest BCUT2D eigenvalue weighted by Gasteiger charge is 2.21. The Bertz CT molecular complexity index is 1560. The van der Waals surface area contributed by atoms with Gasteiger partial charge < -0.3 is 27.9 Å². The third-order valence-electron chi connectivity index (χ3n) is 10.5. The summed E-state index contributed by atoms with van der Waals surface area (Å²) in [6.07, 6.45) is 68.3. The lowest BCUT2D eigenvalue weighted by atomic mass is 10.1. The summed E-state index contributed by atoms with van der Waals surface area (Å²) in [5.74, 6) is -0.876. The van der Waals surface area contributed by atoms with Crippen LogP contribution in [-0.2, 0) is 32.7 Å². The van der Waals surface area contributed by atoms with Crippen LogP contribution in [0.1, 0.15) is 181 Å². The zero-order valence-corrected chi connectivity index (χ0v) is 44.4. The quantitative estimate of drug-likeness (QED) is 0.0195. The van der Waals surface area contributed by atoms with Crippen molar-refractivity contribution in [3.8, 4) is 0 Å². The minimum Gasteiger partial charge on any atom is -0.756 e. The molecule has 0 fully saturated rings. The van der Waals surface area contributed by atoms with Gasteiger partial charge in [0.25, 0.3) is 7.82 Å². The number of hydrogen-bond donors (Lipinski definition) is 0. The molecular weight excluding hydrogens is 870 g/mol. The highest BCUT2D eigenvalue weighted by Crippen LogP contribution is 2.38. The van der Waals surface area contributed by atoms with Gasteiger partial charge in [-0.05, 0) is 89.9 Å². The highest BCUT2D eigenvalue weighted by atomic mass is 31.2. The first-order valence-corrected chi connectivity index (χ1v) is 27.7. The smallest absolute Gasteiger partial charge is 0.306 e. The summed E-state index contributed by atoms with van der Waals surface area (Å²) in [4.78, 5) is 37.5. The molecule has 0 amide bonds. The van der Waals surface area contributed by atoms with Crippen LogP contribution >= 0.6 is 7.82 Å². The fourth-order valence-electron chi connectivity index (χ4n) is 6.45. The van der Waals surface area contributed by atoms with Crippen LogP contribution < -0.4 is 4.89 Å². The van der Waals surface area contributed by atoms with E-state index in [1.807, 2.05) is 21.1 Å². The molecule has 9 nitrogen and oxygen atoms in total. The third-order valence-corrected chi connectivity index (χ3v) is 11.5. The number of phosphoric ester groups is 1. The molecule has 68 heavy (non-hydrogen) atoms. The van der Waals surface area contributed by atoms with E-state index in [4.69, 9.17) is 18.5 Å². The Labute approximate surface area is 416 Å². The second-order valence-electron chi connectivity index (χ2n) is 18.2. The average molecular weight is 966 g/mol. The Morgan fingerprint density at radius 1 is 0.471 bits per heavy atom. The highest BCUT2D eigenvalue weighted by molar-refractivity contribution is 7.45. The summed E-state index contributed by atoms with van der Waals surface area (Å²) < 4.78 is 33.9. The lowest BCUT2D eigenvalue weighted by Gasteiger charge is -2.28. The van der Waals surface area contributed by atoms with Crippen molar-refractivity contribution in [2.45, 2.75) is 187 Å². The van der Waals surface area contributed by atoms with Gasteiger partial charge in [0, 0.05) is 12.8 Å². The Morgan fingerprint density at radius 2 is 0.838 bits per heavy atom. The fourth-order valence-corrected chi connectivity index (χ4v) is 7.17. The van der Waals surface area contributed by atoms with Crippen LogP contribution in [-0.4, -0.2) is 70.0 Å². The van der Waals surface area contributed by atoms with Crippen molar-refractivity contribution in [2.75, 3.05) is 47.5 Å². The van der Waals surface area contributed by atoms with E-state index >= 15 is 0 Å². The van der Waals surface area contributed by atoms with Gasteiger partial charge in [0.15, 0.2) is 6.10 Å². The molecule has 0 heterocycles. The number of likely N-dealkylation sites (N-methyl/N-ethyl adjacent to an activating group) is 1. The maximum absolute atomic E-state index is 12.7. The number of phosphoric acid groups is 1. The van der Waals surface area contributed by atoms with Gasteiger partial charge in [-0.1, -0.05) is 200 Å². The summed E-state index contributed by atoms with van der Waals surface area (Å²) in [5.41, 5.74) is 0. The molecule has 0 saturated heterocycles. The third kappa shape index (κ3) is 51.8. The molecule has 0 spiro atoms. The number of ether oxygens (including phenoxy) is 2. The Hall–Kier alpha value is -3.59. The van der Waals surface area contributed by atoms with E-state index in [2.05, 4.69) is 135 Å². The Kier molecular flexibility index (Phi) is 45.9. The van der Waals surface area contributed by atoms with E-state index in [0.717, 1.165) is 109 Å². The summed E-state index contributed by atoms with van der Waals surface area (Å²) in [5, 5.41) is 0. The summed E-state index contributed by atoms with van der Waals surface area (Å²) in [7, 11) is 1.13. The molecule has 0 radical (unpaired) electrons. The van der Waals surface area contributed by atoms with Gasteiger partial charge in [-0.3, -0.25) is 14.2 Å². The van der Waals surface area contributed by atoms with Gasteiger partial charge in [0.2, 0.25) is 0 Å². The molecule has 0 aliphatic carbocycles. The standard InChI is InChI=1S/C58H96NO8P/c1-6-8-10-12-14-16-17-18-19-20-21-22-23-24-25-26-27-28-29-30-31-32-33-34-35-36-37-38-39-40-41-43-45-47-49-51-58(61)67-56(55-66-68(62,63)65-53-52-59(3,4)5)54-64-57(60)50-48-46-44-42-15-13-11-9-7-2/h8,10,14,16,18-19,21-22,24-25,27-28,30-31,33-34,36-37,39-40,56H,6-7,9,11-13,15,17,20,23,26,29,32,35,38,41-55H2,1-5H3/b10-8-,16-14-,19-18-,22-21-,25-24-,28-27-,31-30-,34-33-,37-36-,40-39-. The van der Waals surface area contributed by atoms with Crippen LogP contribution in [0.3, 0.4) is 0 Å². The molecule has 0 bridgehead atoms. The zero-order valence-electron chi connectivity index (χ0n) is 43.5. The number of nitrogens with zero attached hydrogens (tertiary/aromatic N) is 1. The molecular formula is C58H96NO8P. The molecule has 2 atom stereocenters.